The monoisotopic (exact) mass is 378 g/mol. The molecule has 0 spiro atoms. The van der Waals surface area contributed by atoms with Gasteiger partial charge in [0.15, 0.2) is 0 Å². The van der Waals surface area contributed by atoms with Gasteiger partial charge in [-0.25, -0.2) is 4.98 Å². The Morgan fingerprint density at radius 3 is 2.73 bits per heavy atom. The second-order valence-electron chi connectivity index (χ2n) is 4.98. The van der Waals surface area contributed by atoms with Crippen LogP contribution >= 0.6 is 27.3 Å². The molecule has 1 aromatic carbocycles. The summed E-state index contributed by atoms with van der Waals surface area (Å²) in [5.74, 6) is 0.669. The molecular weight excluding hydrogens is 364 g/mol. The number of halogens is 1. The van der Waals surface area contributed by atoms with E-state index in [0.717, 1.165) is 25.3 Å². The molecule has 0 unspecified atom stereocenters. The number of fused-ring (bicyclic) bond motifs is 1. The third-order valence-corrected chi connectivity index (χ3v) is 4.99. The van der Waals surface area contributed by atoms with E-state index in [1.54, 1.807) is 18.4 Å². The molecule has 0 fully saturated rings. The minimum atomic E-state index is -0.0848. The van der Waals surface area contributed by atoms with Gasteiger partial charge in [0.25, 0.3) is 5.56 Å². The number of benzene rings is 1. The molecule has 0 radical (unpaired) electrons. The molecule has 0 aliphatic heterocycles. The van der Waals surface area contributed by atoms with E-state index in [2.05, 4.69) is 25.9 Å². The van der Waals surface area contributed by atoms with Crippen molar-refractivity contribution in [3.05, 3.63) is 49.8 Å². The van der Waals surface area contributed by atoms with Gasteiger partial charge in [0.2, 0.25) is 0 Å². The van der Waals surface area contributed by atoms with Gasteiger partial charge < -0.3 is 9.72 Å². The molecular formula is C16H15BrN2O2S. The highest BCUT2D eigenvalue weighted by Crippen LogP contribution is 2.35. The summed E-state index contributed by atoms with van der Waals surface area (Å²) in [6.45, 7) is 2.57. The molecule has 3 rings (SSSR count). The van der Waals surface area contributed by atoms with Gasteiger partial charge in [-0.15, -0.1) is 11.3 Å². The number of thiophene rings is 1. The van der Waals surface area contributed by atoms with Crippen molar-refractivity contribution in [2.24, 2.45) is 0 Å². The molecule has 0 amide bonds. The number of ether oxygens (including phenoxy) is 1. The third-order valence-electron chi connectivity index (χ3n) is 3.46. The van der Waals surface area contributed by atoms with Crippen LogP contribution in [-0.4, -0.2) is 23.7 Å². The number of hydrogen-bond donors (Lipinski definition) is 1. The normalized spacial score (nSPS) is 11.2. The highest BCUT2D eigenvalue weighted by molar-refractivity contribution is 9.10. The molecule has 0 saturated carbocycles. The van der Waals surface area contributed by atoms with Crippen LogP contribution in [0.15, 0.2) is 33.5 Å². The fourth-order valence-electron chi connectivity index (χ4n) is 2.44. The average molecular weight is 379 g/mol. The lowest BCUT2D eigenvalue weighted by Gasteiger charge is -2.03. The van der Waals surface area contributed by atoms with E-state index >= 15 is 0 Å². The number of nitrogens with one attached hydrogen (secondary N) is 1. The van der Waals surface area contributed by atoms with Gasteiger partial charge in [-0.3, -0.25) is 4.79 Å². The van der Waals surface area contributed by atoms with Crippen molar-refractivity contribution in [1.29, 1.82) is 0 Å². The van der Waals surface area contributed by atoms with Crippen molar-refractivity contribution in [3.63, 3.8) is 0 Å². The first kappa shape index (κ1) is 15.4. The van der Waals surface area contributed by atoms with Crippen molar-refractivity contribution in [1.82, 2.24) is 9.97 Å². The predicted octanol–water partition coefficient (Wildman–Crippen LogP) is 3.91. The maximum absolute atomic E-state index is 12.5. The molecule has 0 aliphatic carbocycles. The molecule has 0 atom stereocenters. The third kappa shape index (κ3) is 2.86. The summed E-state index contributed by atoms with van der Waals surface area (Å²) < 4.78 is 6.06. The standard InChI is InChI=1S/C16H15BrN2O2S/c1-9-13(10-3-5-11(17)6-4-10)14-15(20)18-12(7-8-21-2)19-16(14)22-9/h3-6H,7-8H2,1-2H3,(H,18,19,20). The molecule has 0 aliphatic rings. The van der Waals surface area contributed by atoms with Crippen LogP contribution in [0.1, 0.15) is 10.7 Å². The summed E-state index contributed by atoms with van der Waals surface area (Å²) in [7, 11) is 1.64. The fraction of sp³-hybridized carbons (Fsp3) is 0.250. The molecule has 2 heterocycles. The summed E-state index contributed by atoms with van der Waals surface area (Å²) in [5.41, 5.74) is 1.92. The van der Waals surface area contributed by atoms with Crippen LogP contribution in [0.5, 0.6) is 0 Å². The lowest BCUT2D eigenvalue weighted by molar-refractivity contribution is 0.200. The Morgan fingerprint density at radius 1 is 1.32 bits per heavy atom. The number of aromatic amines is 1. The highest BCUT2D eigenvalue weighted by Gasteiger charge is 2.16. The van der Waals surface area contributed by atoms with Crippen molar-refractivity contribution < 1.29 is 4.74 Å². The van der Waals surface area contributed by atoms with Crippen LogP contribution in [-0.2, 0) is 11.2 Å². The molecule has 22 heavy (non-hydrogen) atoms. The summed E-state index contributed by atoms with van der Waals surface area (Å²) in [5, 5.41) is 0.672. The topological polar surface area (TPSA) is 55.0 Å². The van der Waals surface area contributed by atoms with Crippen LogP contribution in [0.4, 0.5) is 0 Å². The lowest BCUT2D eigenvalue weighted by atomic mass is 10.0. The zero-order valence-electron chi connectivity index (χ0n) is 12.3. The van der Waals surface area contributed by atoms with E-state index in [1.165, 1.54) is 0 Å². The summed E-state index contributed by atoms with van der Waals surface area (Å²) in [4.78, 5) is 21.8. The largest absolute Gasteiger partial charge is 0.384 e. The zero-order chi connectivity index (χ0) is 15.7. The number of nitrogens with zero attached hydrogens (tertiary/aromatic N) is 1. The summed E-state index contributed by atoms with van der Waals surface area (Å²) >= 11 is 4.99. The number of aromatic nitrogens is 2. The van der Waals surface area contributed by atoms with Gasteiger partial charge in [0.1, 0.15) is 10.7 Å². The van der Waals surface area contributed by atoms with Gasteiger partial charge in [-0.2, -0.15) is 0 Å². The maximum atomic E-state index is 12.5. The van der Waals surface area contributed by atoms with Crippen LogP contribution in [0.25, 0.3) is 21.3 Å². The molecule has 6 heteroatoms. The number of hydrogen-bond acceptors (Lipinski definition) is 4. The van der Waals surface area contributed by atoms with E-state index in [0.29, 0.717) is 24.2 Å². The van der Waals surface area contributed by atoms with Gasteiger partial charge in [-0.05, 0) is 24.6 Å². The molecule has 1 N–H and O–H groups in total. The Labute approximate surface area is 140 Å². The Bertz CT molecular complexity index is 868. The van der Waals surface area contributed by atoms with Crippen molar-refractivity contribution >= 4 is 37.5 Å². The quantitative estimate of drug-likeness (QED) is 0.748. The molecule has 3 aromatic rings. The average Bonchev–Trinajstić information content (AvgIpc) is 2.82. The number of methoxy groups -OCH3 is 1. The SMILES string of the molecule is COCCc1nc2sc(C)c(-c3ccc(Br)cc3)c2c(=O)[nH]1. The molecule has 2 aromatic heterocycles. The minimum Gasteiger partial charge on any atom is -0.384 e. The zero-order valence-corrected chi connectivity index (χ0v) is 14.7. The number of aryl methyl sites for hydroxylation is 1. The van der Waals surface area contributed by atoms with Gasteiger partial charge in [0.05, 0.1) is 12.0 Å². The number of rotatable bonds is 4. The first-order valence-corrected chi connectivity index (χ1v) is 8.48. The highest BCUT2D eigenvalue weighted by atomic mass is 79.9. The summed E-state index contributed by atoms with van der Waals surface area (Å²) in [6.07, 6.45) is 0.603. The molecule has 0 bridgehead atoms. The first-order chi connectivity index (χ1) is 10.6. The lowest BCUT2D eigenvalue weighted by Crippen LogP contribution is -2.12. The second-order valence-corrected chi connectivity index (χ2v) is 7.09. The van der Waals surface area contributed by atoms with Gasteiger partial charge >= 0.3 is 0 Å². The summed E-state index contributed by atoms with van der Waals surface area (Å²) in [6, 6.07) is 7.98. The Hall–Kier alpha value is -1.50. The minimum absolute atomic E-state index is 0.0848. The van der Waals surface area contributed by atoms with Gasteiger partial charge in [-0.1, -0.05) is 28.1 Å². The van der Waals surface area contributed by atoms with Crippen LogP contribution in [0.3, 0.4) is 0 Å². The number of H-pyrrole nitrogens is 1. The maximum Gasteiger partial charge on any atom is 0.260 e. The van der Waals surface area contributed by atoms with Crippen molar-refractivity contribution in [2.45, 2.75) is 13.3 Å². The van der Waals surface area contributed by atoms with E-state index in [-0.39, 0.29) is 5.56 Å². The van der Waals surface area contributed by atoms with Crippen molar-refractivity contribution in [3.8, 4) is 11.1 Å². The molecule has 114 valence electrons. The molecule has 0 saturated heterocycles. The first-order valence-electron chi connectivity index (χ1n) is 6.87. The van der Waals surface area contributed by atoms with E-state index in [4.69, 9.17) is 4.74 Å². The predicted molar refractivity (Wildman–Crippen MR) is 93.7 cm³/mol. The molecule has 4 nitrogen and oxygen atoms in total. The Kier molecular flexibility index (Phi) is 4.42. The van der Waals surface area contributed by atoms with E-state index in [1.807, 2.05) is 31.2 Å². The Morgan fingerprint density at radius 2 is 2.05 bits per heavy atom. The van der Waals surface area contributed by atoms with E-state index in [9.17, 15) is 4.79 Å². The van der Waals surface area contributed by atoms with Gasteiger partial charge in [0, 0.05) is 28.4 Å². The van der Waals surface area contributed by atoms with Crippen LogP contribution in [0, 0.1) is 6.92 Å². The smallest absolute Gasteiger partial charge is 0.260 e. The van der Waals surface area contributed by atoms with Crippen molar-refractivity contribution in [2.75, 3.05) is 13.7 Å². The van der Waals surface area contributed by atoms with Crippen LogP contribution < -0.4 is 5.56 Å². The Balaban J connectivity index is 2.17. The second kappa shape index (κ2) is 6.32. The fourth-order valence-corrected chi connectivity index (χ4v) is 3.77. The van der Waals surface area contributed by atoms with E-state index < -0.39 is 0 Å². The van der Waals surface area contributed by atoms with Crippen LogP contribution in [0.2, 0.25) is 0 Å².